The van der Waals surface area contributed by atoms with Gasteiger partial charge in [0.05, 0.1) is 11.2 Å². The Morgan fingerprint density at radius 2 is 1.04 bits per heavy atom. The van der Waals surface area contributed by atoms with Crippen LogP contribution in [0.1, 0.15) is 179 Å². The minimum absolute atomic E-state index is 0.00595. The van der Waals surface area contributed by atoms with E-state index < -0.39 is 5.54 Å². The van der Waals surface area contributed by atoms with E-state index in [0.29, 0.717) is 0 Å². The fourth-order valence-electron chi connectivity index (χ4n) is 15.5. The zero-order chi connectivity index (χ0) is 56.6. The summed E-state index contributed by atoms with van der Waals surface area (Å²) in [7, 11) is 0. The van der Waals surface area contributed by atoms with Crippen LogP contribution in [0, 0.1) is 13.8 Å². The molecular formula is C76H84BN3. The highest BCUT2D eigenvalue weighted by Gasteiger charge is 2.61. The fourth-order valence-corrected chi connectivity index (χ4v) is 15.5. The number of nitrogens with zero attached hydrogens (tertiary/aromatic N) is 3. The van der Waals surface area contributed by atoms with Crippen LogP contribution in [-0.2, 0) is 44.4 Å². The molecule has 3 nitrogen and oxygen atoms in total. The van der Waals surface area contributed by atoms with E-state index in [0.717, 1.165) is 25.7 Å². The predicted molar refractivity (Wildman–Crippen MR) is 345 cm³/mol. The standard InChI is InChI=1S/C76H84BN3/c1-47-38-48(2)69-60(39-47)75(16)35-34-50-26-21-22-29-57(50)76(75,17)80(69)55-43-66-68-67(44-55)79(63-33-31-52(71(6,7)8)41-56(63)49-24-19-18-20-25-49)65-46-59-58(73(12,13)36-37-74(59,14)15)45-62(65)77(68)61-32-30-53(72(9,10)11)42-64(61)78(66)54-28-23-27-51(40-54)70(3,4)5/h18-33,38-46H,34-37H2,1-17H3. The molecule has 0 spiro atoms. The molecule has 0 fully saturated rings. The highest BCUT2D eigenvalue weighted by molar-refractivity contribution is 7.00. The normalized spacial score (nSPS) is 20.3. The molecule has 8 aromatic rings. The summed E-state index contributed by atoms with van der Waals surface area (Å²) in [5.74, 6) is 0. The lowest BCUT2D eigenvalue weighted by molar-refractivity contribution is 0.245. The van der Waals surface area contributed by atoms with Gasteiger partial charge in [-0.05, 0) is 194 Å². The minimum atomic E-state index is -0.415. The largest absolute Gasteiger partial charge is 0.330 e. The van der Waals surface area contributed by atoms with Crippen molar-refractivity contribution in [3.63, 3.8) is 0 Å². The van der Waals surface area contributed by atoms with Gasteiger partial charge in [0.1, 0.15) is 0 Å². The number of anilines is 8. The number of hydrogen-bond acceptors (Lipinski definition) is 3. The second-order valence-corrected chi connectivity index (χ2v) is 29.8. The molecule has 2 aliphatic carbocycles. The monoisotopic (exact) mass is 1050 g/mol. The van der Waals surface area contributed by atoms with E-state index in [-0.39, 0.29) is 39.2 Å². The van der Waals surface area contributed by atoms with E-state index in [1.807, 2.05) is 0 Å². The van der Waals surface area contributed by atoms with Crippen LogP contribution in [0.3, 0.4) is 0 Å². The SMILES string of the molecule is Cc1cc(C)c2c(c1)C1(C)CCc3ccccc3C1(C)N2c1cc2c3c(c1)N(c1ccc(C(C)(C)C)cc1-c1ccccc1)c1cc4c(cc1B3c1ccc(C(C)(C)C)cc1N2c1cccc(C(C)(C)C)c1)C(C)(C)CCC4(C)C. The number of aryl methyl sites for hydroxylation is 3. The summed E-state index contributed by atoms with van der Waals surface area (Å²) in [4.78, 5) is 8.30. The summed E-state index contributed by atoms with van der Waals surface area (Å²) in [6.07, 6.45) is 4.42. The van der Waals surface area contributed by atoms with Crippen LogP contribution in [0.15, 0.2) is 152 Å². The van der Waals surface area contributed by atoms with Gasteiger partial charge in [-0.2, -0.15) is 0 Å². The van der Waals surface area contributed by atoms with Gasteiger partial charge in [0.15, 0.2) is 0 Å². The van der Waals surface area contributed by atoms with E-state index >= 15 is 0 Å². The molecule has 4 heteroatoms. The van der Waals surface area contributed by atoms with E-state index in [2.05, 4.69) is 284 Å². The molecule has 0 saturated heterocycles. The van der Waals surface area contributed by atoms with Crippen molar-refractivity contribution in [3.8, 4) is 11.1 Å². The van der Waals surface area contributed by atoms with Crippen molar-refractivity contribution < 1.29 is 0 Å². The number of fused-ring (bicyclic) bond motifs is 10. The molecule has 0 saturated carbocycles. The molecule has 3 aliphatic heterocycles. The first-order valence-corrected chi connectivity index (χ1v) is 30.0. The van der Waals surface area contributed by atoms with Gasteiger partial charge < -0.3 is 14.7 Å². The van der Waals surface area contributed by atoms with Crippen molar-refractivity contribution in [3.05, 3.63) is 207 Å². The Morgan fingerprint density at radius 3 is 1.73 bits per heavy atom. The van der Waals surface area contributed by atoms with Crippen LogP contribution in [0.2, 0.25) is 0 Å². The van der Waals surface area contributed by atoms with Crippen molar-refractivity contribution in [2.75, 3.05) is 14.7 Å². The van der Waals surface area contributed by atoms with E-state index in [1.54, 1.807) is 0 Å². The van der Waals surface area contributed by atoms with Crippen molar-refractivity contribution >= 4 is 68.6 Å². The lowest BCUT2D eigenvalue weighted by atomic mass is 9.33. The van der Waals surface area contributed by atoms with E-state index in [9.17, 15) is 0 Å². The number of hydrogen-bond donors (Lipinski definition) is 0. The molecule has 406 valence electrons. The summed E-state index contributed by atoms with van der Waals surface area (Å²) in [6, 6.07) is 60.8. The number of benzene rings is 8. The van der Waals surface area contributed by atoms with Gasteiger partial charge in [0.25, 0.3) is 6.71 Å². The summed E-state index contributed by atoms with van der Waals surface area (Å²) >= 11 is 0. The Hall–Kier alpha value is -6.78. The second-order valence-electron chi connectivity index (χ2n) is 29.8. The Bertz CT molecular complexity index is 3870. The topological polar surface area (TPSA) is 9.72 Å². The average molecular weight is 1050 g/mol. The first-order chi connectivity index (χ1) is 37.6. The molecular weight excluding hydrogens is 966 g/mol. The summed E-state index contributed by atoms with van der Waals surface area (Å²) < 4.78 is 0. The van der Waals surface area contributed by atoms with Crippen molar-refractivity contribution in [2.24, 2.45) is 0 Å². The minimum Gasteiger partial charge on any atom is -0.330 e. The second kappa shape index (κ2) is 17.4. The third-order valence-corrected chi connectivity index (χ3v) is 20.5. The molecule has 13 rings (SSSR count). The molecule has 0 N–H and O–H groups in total. The van der Waals surface area contributed by atoms with Crippen molar-refractivity contribution in [1.29, 1.82) is 0 Å². The Morgan fingerprint density at radius 1 is 0.438 bits per heavy atom. The Labute approximate surface area is 480 Å². The third-order valence-electron chi connectivity index (χ3n) is 20.5. The highest BCUT2D eigenvalue weighted by atomic mass is 15.3. The van der Waals surface area contributed by atoms with Gasteiger partial charge in [0.2, 0.25) is 0 Å². The van der Waals surface area contributed by atoms with Crippen molar-refractivity contribution in [1.82, 2.24) is 0 Å². The molecule has 5 aliphatic rings. The smallest absolute Gasteiger partial charge is 0.252 e. The first-order valence-electron chi connectivity index (χ1n) is 30.0. The number of rotatable bonds is 4. The molecule has 0 radical (unpaired) electrons. The van der Waals surface area contributed by atoms with Crippen molar-refractivity contribution in [2.45, 2.75) is 181 Å². The lowest BCUT2D eigenvalue weighted by Crippen LogP contribution is -2.62. The summed E-state index contributed by atoms with van der Waals surface area (Å²) in [5, 5.41) is 0. The lowest BCUT2D eigenvalue weighted by Gasteiger charge is -2.52. The average Bonchev–Trinajstić information content (AvgIpc) is 3.68. The summed E-state index contributed by atoms with van der Waals surface area (Å²) in [6.45, 7) is 41.1. The molecule has 0 amide bonds. The maximum absolute atomic E-state index is 2.85. The van der Waals surface area contributed by atoms with Crippen LogP contribution < -0.4 is 31.1 Å². The van der Waals surface area contributed by atoms with Crippen LogP contribution >= 0.6 is 0 Å². The zero-order valence-electron chi connectivity index (χ0n) is 51.2. The first kappa shape index (κ1) is 52.6. The molecule has 3 heterocycles. The third kappa shape index (κ3) is 7.65. The fraction of sp³-hybridized carbons (Fsp3) is 0.368. The predicted octanol–water partition coefficient (Wildman–Crippen LogP) is 18.6. The Balaban J connectivity index is 1.23. The van der Waals surface area contributed by atoms with Gasteiger partial charge in [-0.25, -0.2) is 0 Å². The highest BCUT2D eigenvalue weighted by Crippen LogP contribution is 2.65. The van der Waals surface area contributed by atoms with Gasteiger partial charge in [-0.15, -0.1) is 0 Å². The van der Waals surface area contributed by atoms with Crippen LogP contribution in [0.5, 0.6) is 0 Å². The van der Waals surface area contributed by atoms with Crippen LogP contribution in [0.25, 0.3) is 11.1 Å². The van der Waals surface area contributed by atoms with Crippen LogP contribution in [0.4, 0.5) is 45.5 Å². The molecule has 0 aromatic heterocycles. The van der Waals surface area contributed by atoms with Gasteiger partial charge in [-0.3, -0.25) is 0 Å². The van der Waals surface area contributed by atoms with E-state index in [4.69, 9.17) is 0 Å². The maximum atomic E-state index is 2.85. The van der Waals surface area contributed by atoms with Gasteiger partial charge in [-0.1, -0.05) is 206 Å². The maximum Gasteiger partial charge on any atom is 0.252 e. The molecule has 80 heavy (non-hydrogen) atoms. The quantitative estimate of drug-likeness (QED) is 0.163. The van der Waals surface area contributed by atoms with Crippen LogP contribution in [-0.4, -0.2) is 6.71 Å². The van der Waals surface area contributed by atoms with Gasteiger partial charge >= 0.3 is 0 Å². The van der Waals surface area contributed by atoms with E-state index in [1.165, 1.54) is 129 Å². The molecule has 2 atom stereocenters. The molecule has 0 bridgehead atoms. The molecule has 2 unspecified atom stereocenters. The molecule has 8 aromatic carbocycles. The van der Waals surface area contributed by atoms with Gasteiger partial charge in [0, 0.05) is 50.8 Å². The summed E-state index contributed by atoms with van der Waals surface area (Å²) in [5.41, 5.74) is 29.8. The zero-order valence-corrected chi connectivity index (χ0v) is 51.2. The Kier molecular flexibility index (Phi) is 11.4.